The fraction of sp³-hybridized carbons (Fsp3) is 0.231. The maximum atomic E-state index is 4.56. The first kappa shape index (κ1) is 12.6. The van der Waals surface area contributed by atoms with Gasteiger partial charge in [0.1, 0.15) is 0 Å². The summed E-state index contributed by atoms with van der Waals surface area (Å²) in [5.41, 5.74) is 2.26. The molecule has 6 heteroatoms. The van der Waals surface area contributed by atoms with Crippen LogP contribution in [-0.2, 0) is 13.5 Å². The van der Waals surface area contributed by atoms with E-state index in [9.17, 15) is 0 Å². The van der Waals surface area contributed by atoms with Gasteiger partial charge in [-0.1, -0.05) is 27.3 Å². The van der Waals surface area contributed by atoms with Gasteiger partial charge < -0.3 is 5.32 Å². The van der Waals surface area contributed by atoms with Crippen molar-refractivity contribution in [3.05, 3.63) is 40.6 Å². The van der Waals surface area contributed by atoms with Crippen molar-refractivity contribution in [3.63, 3.8) is 0 Å². The molecule has 0 spiro atoms. The topological polar surface area (TPSA) is 42.7 Å². The van der Waals surface area contributed by atoms with Gasteiger partial charge in [0.2, 0.25) is 0 Å². The van der Waals surface area contributed by atoms with E-state index in [1.165, 1.54) is 10.4 Å². The lowest BCUT2D eigenvalue weighted by molar-refractivity contribution is 0.711. The zero-order valence-corrected chi connectivity index (χ0v) is 12.8. The first-order valence-electron chi connectivity index (χ1n) is 5.99. The van der Waals surface area contributed by atoms with Gasteiger partial charge in [-0.15, -0.1) is 0 Å². The van der Waals surface area contributed by atoms with Crippen LogP contribution in [0.2, 0.25) is 0 Å². The summed E-state index contributed by atoms with van der Waals surface area (Å²) < 4.78 is 4.18. The number of hydrogen-bond donors (Lipinski definition) is 1. The Kier molecular flexibility index (Phi) is 3.52. The highest BCUT2D eigenvalue weighted by Gasteiger charge is 2.04. The minimum absolute atomic E-state index is 0.862. The predicted molar refractivity (Wildman–Crippen MR) is 82.7 cm³/mol. The molecule has 3 aromatic rings. The molecule has 98 valence electrons. The maximum Gasteiger partial charge on any atom is 0.183 e. The summed E-state index contributed by atoms with van der Waals surface area (Å²) in [7, 11) is 1.96. The van der Waals surface area contributed by atoms with Gasteiger partial charge in [0, 0.05) is 36.4 Å². The number of nitrogens with one attached hydrogen (secondary N) is 1. The molecule has 1 N–H and O–H groups in total. The highest BCUT2D eigenvalue weighted by atomic mass is 79.9. The summed E-state index contributed by atoms with van der Waals surface area (Å²) in [6.45, 7) is 0.862. The predicted octanol–water partition coefficient (Wildman–Crippen LogP) is 3.45. The zero-order valence-electron chi connectivity index (χ0n) is 10.4. The smallest absolute Gasteiger partial charge is 0.183 e. The van der Waals surface area contributed by atoms with Crippen molar-refractivity contribution in [2.45, 2.75) is 6.42 Å². The van der Waals surface area contributed by atoms with E-state index in [0.29, 0.717) is 0 Å². The molecular formula is C13H13BrN4S. The minimum atomic E-state index is 0.862. The zero-order chi connectivity index (χ0) is 13.2. The molecule has 0 saturated heterocycles. The third-order valence-corrected chi connectivity index (χ3v) is 4.40. The van der Waals surface area contributed by atoms with Gasteiger partial charge >= 0.3 is 0 Å². The molecular weight excluding hydrogens is 324 g/mol. The van der Waals surface area contributed by atoms with Crippen molar-refractivity contribution in [3.8, 4) is 0 Å². The highest BCUT2D eigenvalue weighted by molar-refractivity contribution is 9.10. The molecule has 0 atom stereocenters. The summed E-state index contributed by atoms with van der Waals surface area (Å²) in [5.74, 6) is 0. The van der Waals surface area contributed by atoms with Crippen molar-refractivity contribution in [1.82, 2.24) is 14.8 Å². The number of halogens is 1. The number of thiazole rings is 1. The van der Waals surface area contributed by atoms with E-state index in [4.69, 9.17) is 0 Å². The molecule has 0 fully saturated rings. The molecule has 1 aromatic carbocycles. The maximum absolute atomic E-state index is 4.56. The van der Waals surface area contributed by atoms with E-state index >= 15 is 0 Å². The third kappa shape index (κ3) is 2.79. The number of aromatic nitrogens is 3. The van der Waals surface area contributed by atoms with Gasteiger partial charge in [-0.05, 0) is 24.3 Å². The first-order chi connectivity index (χ1) is 9.22. The summed E-state index contributed by atoms with van der Waals surface area (Å²) in [6.07, 6.45) is 2.76. The molecule has 0 aliphatic rings. The van der Waals surface area contributed by atoms with Crippen LogP contribution in [0, 0.1) is 0 Å². The molecule has 0 radical (unpaired) electrons. The van der Waals surface area contributed by atoms with Crippen molar-refractivity contribution in [2.24, 2.45) is 7.05 Å². The van der Waals surface area contributed by atoms with Crippen LogP contribution in [0.5, 0.6) is 0 Å². The molecule has 2 heterocycles. The summed E-state index contributed by atoms with van der Waals surface area (Å²) in [6, 6.07) is 8.18. The second kappa shape index (κ2) is 5.30. The summed E-state index contributed by atoms with van der Waals surface area (Å²) in [4.78, 5) is 4.56. The number of fused-ring (bicyclic) bond motifs is 1. The number of hydrogen-bond acceptors (Lipinski definition) is 4. The van der Waals surface area contributed by atoms with Crippen LogP contribution >= 0.6 is 27.3 Å². The first-order valence-corrected chi connectivity index (χ1v) is 7.60. The Bertz CT molecular complexity index is 704. The monoisotopic (exact) mass is 336 g/mol. The Labute approximate surface area is 123 Å². The van der Waals surface area contributed by atoms with Crippen LogP contribution in [-0.4, -0.2) is 21.3 Å². The van der Waals surface area contributed by atoms with E-state index in [-0.39, 0.29) is 0 Å². The van der Waals surface area contributed by atoms with E-state index < -0.39 is 0 Å². The van der Waals surface area contributed by atoms with Gasteiger partial charge in [0.25, 0.3) is 0 Å². The van der Waals surface area contributed by atoms with Gasteiger partial charge in [0.05, 0.1) is 10.2 Å². The Hall–Kier alpha value is -1.40. The van der Waals surface area contributed by atoms with Gasteiger partial charge in [-0.2, -0.15) is 5.10 Å². The van der Waals surface area contributed by atoms with Crippen molar-refractivity contribution in [1.29, 1.82) is 0 Å². The molecule has 2 aromatic heterocycles. The minimum Gasteiger partial charge on any atom is -0.361 e. The van der Waals surface area contributed by atoms with E-state index in [1.54, 1.807) is 11.3 Å². The molecule has 0 amide bonds. The Morgan fingerprint density at radius 1 is 1.37 bits per heavy atom. The number of aryl methyl sites for hydroxylation is 1. The number of rotatable bonds is 4. The fourth-order valence-corrected chi connectivity index (χ4v) is 3.36. The van der Waals surface area contributed by atoms with Gasteiger partial charge in [-0.25, -0.2) is 4.98 Å². The number of benzene rings is 1. The molecule has 3 rings (SSSR count). The molecule has 0 unspecified atom stereocenters. The lowest BCUT2D eigenvalue weighted by Crippen LogP contribution is -2.07. The third-order valence-electron chi connectivity index (χ3n) is 2.93. The van der Waals surface area contributed by atoms with Crippen molar-refractivity contribution in [2.75, 3.05) is 11.9 Å². The molecule has 0 aliphatic carbocycles. The second-order valence-electron chi connectivity index (χ2n) is 4.25. The van der Waals surface area contributed by atoms with Gasteiger partial charge in [-0.3, -0.25) is 4.68 Å². The summed E-state index contributed by atoms with van der Waals surface area (Å²) >= 11 is 5.16. The average molecular weight is 337 g/mol. The SMILES string of the molecule is Cn1nccc1CCNc1nc2ccc(Br)cc2s1. The van der Waals surface area contributed by atoms with Crippen molar-refractivity contribution >= 4 is 42.6 Å². The lowest BCUT2D eigenvalue weighted by Gasteiger charge is -2.02. The van der Waals surface area contributed by atoms with E-state index in [2.05, 4.69) is 37.4 Å². The quantitative estimate of drug-likeness (QED) is 0.793. The number of anilines is 1. The standard InChI is InChI=1S/C13H13BrN4S/c1-18-10(5-7-16-18)4-6-15-13-17-11-3-2-9(14)8-12(11)19-13/h2-3,5,7-8H,4,6H2,1H3,(H,15,17). The molecule has 19 heavy (non-hydrogen) atoms. The van der Waals surface area contributed by atoms with Crippen LogP contribution in [0.15, 0.2) is 34.9 Å². The van der Waals surface area contributed by atoms with Crippen LogP contribution < -0.4 is 5.32 Å². The molecule has 0 aliphatic heterocycles. The number of nitrogens with zero attached hydrogens (tertiary/aromatic N) is 3. The summed E-state index contributed by atoms with van der Waals surface area (Å²) in [5, 5.41) is 8.50. The van der Waals surface area contributed by atoms with Crippen LogP contribution in [0.25, 0.3) is 10.2 Å². The average Bonchev–Trinajstić information content (AvgIpc) is 2.95. The molecule has 4 nitrogen and oxygen atoms in total. The Morgan fingerprint density at radius 3 is 3.05 bits per heavy atom. The fourth-order valence-electron chi connectivity index (χ4n) is 1.92. The highest BCUT2D eigenvalue weighted by Crippen LogP contribution is 2.28. The van der Waals surface area contributed by atoms with E-state index in [0.717, 1.165) is 28.1 Å². The van der Waals surface area contributed by atoms with Crippen LogP contribution in [0.3, 0.4) is 0 Å². The second-order valence-corrected chi connectivity index (χ2v) is 6.20. The van der Waals surface area contributed by atoms with Gasteiger partial charge in [0.15, 0.2) is 5.13 Å². The lowest BCUT2D eigenvalue weighted by atomic mass is 10.3. The van der Waals surface area contributed by atoms with E-state index in [1.807, 2.05) is 36.1 Å². The van der Waals surface area contributed by atoms with Crippen molar-refractivity contribution < 1.29 is 0 Å². The van der Waals surface area contributed by atoms with Crippen LogP contribution in [0.4, 0.5) is 5.13 Å². The molecule has 0 bridgehead atoms. The molecule has 0 saturated carbocycles. The van der Waals surface area contributed by atoms with Crippen LogP contribution in [0.1, 0.15) is 5.69 Å². The normalized spacial score (nSPS) is 11.1. The Balaban J connectivity index is 1.67. The largest absolute Gasteiger partial charge is 0.361 e. The Morgan fingerprint density at radius 2 is 2.26 bits per heavy atom.